The number of anilines is 2. The van der Waals surface area contributed by atoms with E-state index in [1.165, 1.54) is 0 Å². The summed E-state index contributed by atoms with van der Waals surface area (Å²) in [5.74, 6) is -0.428. The van der Waals surface area contributed by atoms with Gasteiger partial charge in [-0.3, -0.25) is 10.1 Å². The van der Waals surface area contributed by atoms with Crippen LogP contribution in [0.5, 0.6) is 0 Å². The molecule has 2 aromatic rings. The van der Waals surface area contributed by atoms with E-state index in [-0.39, 0.29) is 0 Å². The second kappa shape index (κ2) is 6.59. The lowest BCUT2D eigenvalue weighted by Crippen LogP contribution is -2.22. The lowest BCUT2D eigenvalue weighted by molar-refractivity contribution is -0.120. The lowest BCUT2D eigenvalue weighted by atomic mass is 10.1. The van der Waals surface area contributed by atoms with Crippen molar-refractivity contribution >= 4 is 40.9 Å². The minimum absolute atomic E-state index is 0.428. The molecule has 0 radical (unpaired) electrons. The van der Waals surface area contributed by atoms with E-state index in [0.29, 0.717) is 22.0 Å². The molecule has 1 saturated heterocycles. The molecule has 4 N–H and O–H groups in total. The maximum Gasteiger partial charge on any atom is 0.323 e. The van der Waals surface area contributed by atoms with Crippen LogP contribution in [0.25, 0.3) is 0 Å². The van der Waals surface area contributed by atoms with Crippen molar-refractivity contribution in [3.8, 4) is 0 Å². The van der Waals surface area contributed by atoms with Crippen molar-refractivity contribution in [1.82, 2.24) is 10.6 Å². The number of amides is 5. The van der Waals surface area contributed by atoms with Gasteiger partial charge in [0.1, 0.15) is 6.04 Å². The van der Waals surface area contributed by atoms with Crippen molar-refractivity contribution in [2.24, 2.45) is 0 Å². The van der Waals surface area contributed by atoms with Gasteiger partial charge in [-0.1, -0.05) is 23.7 Å². The molecule has 7 nitrogen and oxygen atoms in total. The molecule has 1 aliphatic heterocycles. The van der Waals surface area contributed by atoms with E-state index in [4.69, 9.17) is 11.6 Å². The number of urea groups is 2. The van der Waals surface area contributed by atoms with E-state index in [9.17, 15) is 14.4 Å². The fraction of sp³-hybridized carbons (Fsp3) is 0.0625. The molecule has 1 fully saturated rings. The number of rotatable bonds is 3. The molecule has 24 heavy (non-hydrogen) atoms. The van der Waals surface area contributed by atoms with Crippen LogP contribution in [-0.2, 0) is 4.79 Å². The molecule has 0 saturated carbocycles. The van der Waals surface area contributed by atoms with Gasteiger partial charge in [-0.05, 0) is 42.0 Å². The topological polar surface area (TPSA) is 99.3 Å². The van der Waals surface area contributed by atoms with Crippen molar-refractivity contribution in [3.63, 3.8) is 0 Å². The average Bonchev–Trinajstić information content (AvgIpc) is 2.88. The van der Waals surface area contributed by atoms with E-state index in [1.807, 2.05) is 0 Å². The number of hydrogen-bond donors (Lipinski definition) is 4. The quantitative estimate of drug-likeness (QED) is 0.644. The van der Waals surface area contributed by atoms with Gasteiger partial charge in [-0.15, -0.1) is 0 Å². The molecule has 122 valence electrons. The van der Waals surface area contributed by atoms with Gasteiger partial charge in [-0.25, -0.2) is 9.59 Å². The zero-order valence-electron chi connectivity index (χ0n) is 12.3. The molecule has 1 atom stereocenters. The molecule has 2 aromatic carbocycles. The smallest absolute Gasteiger partial charge is 0.322 e. The number of nitrogens with one attached hydrogen (secondary N) is 4. The van der Waals surface area contributed by atoms with Crippen molar-refractivity contribution in [2.75, 3.05) is 10.6 Å². The van der Waals surface area contributed by atoms with Crippen molar-refractivity contribution in [3.05, 3.63) is 59.1 Å². The van der Waals surface area contributed by atoms with Crippen LogP contribution in [0, 0.1) is 0 Å². The molecule has 0 aromatic heterocycles. The maximum absolute atomic E-state index is 12.0. The fourth-order valence-corrected chi connectivity index (χ4v) is 2.40. The largest absolute Gasteiger partial charge is 0.323 e. The predicted molar refractivity (Wildman–Crippen MR) is 90.0 cm³/mol. The van der Waals surface area contributed by atoms with E-state index in [2.05, 4.69) is 21.3 Å². The first-order chi connectivity index (χ1) is 11.5. The summed E-state index contributed by atoms with van der Waals surface area (Å²) in [5.41, 5.74) is 1.66. The highest BCUT2D eigenvalue weighted by Gasteiger charge is 2.30. The van der Waals surface area contributed by atoms with Crippen molar-refractivity contribution in [2.45, 2.75) is 6.04 Å². The van der Waals surface area contributed by atoms with Gasteiger partial charge in [0.05, 0.1) is 0 Å². The van der Waals surface area contributed by atoms with E-state index in [0.717, 1.165) is 0 Å². The fourth-order valence-electron chi connectivity index (χ4n) is 2.27. The molecule has 0 spiro atoms. The monoisotopic (exact) mass is 344 g/mol. The number of hydrogen-bond acceptors (Lipinski definition) is 3. The van der Waals surface area contributed by atoms with Gasteiger partial charge in [-0.2, -0.15) is 0 Å². The van der Waals surface area contributed by atoms with Crippen LogP contribution in [0.1, 0.15) is 11.6 Å². The lowest BCUT2D eigenvalue weighted by Gasteiger charge is -2.11. The molecular formula is C16H13ClN4O3. The Hall–Kier alpha value is -3.06. The Bertz CT molecular complexity index is 807. The zero-order chi connectivity index (χ0) is 17.1. The SMILES string of the molecule is O=C(Nc1ccc(Cl)cc1)Nc1cccc(C2NC(=O)NC2=O)c1. The second-order valence-electron chi connectivity index (χ2n) is 5.11. The molecule has 1 heterocycles. The van der Waals surface area contributed by atoms with E-state index >= 15 is 0 Å². The van der Waals surface area contributed by atoms with E-state index in [1.54, 1.807) is 48.5 Å². The van der Waals surface area contributed by atoms with Gasteiger partial charge in [0.2, 0.25) is 0 Å². The first-order valence-electron chi connectivity index (χ1n) is 7.06. The maximum atomic E-state index is 12.0. The summed E-state index contributed by atoms with van der Waals surface area (Å²) in [4.78, 5) is 34.9. The third-order valence-electron chi connectivity index (χ3n) is 3.35. The van der Waals surface area contributed by atoms with E-state index < -0.39 is 24.0 Å². The van der Waals surface area contributed by atoms with Crippen LogP contribution in [0.4, 0.5) is 21.0 Å². The first-order valence-corrected chi connectivity index (χ1v) is 7.44. The van der Waals surface area contributed by atoms with Gasteiger partial charge in [0.15, 0.2) is 0 Å². The molecule has 3 rings (SSSR count). The molecular weight excluding hydrogens is 332 g/mol. The Kier molecular flexibility index (Phi) is 4.35. The van der Waals surface area contributed by atoms with Crippen LogP contribution in [-0.4, -0.2) is 18.0 Å². The molecule has 1 unspecified atom stereocenters. The van der Waals surface area contributed by atoms with Crippen LogP contribution >= 0.6 is 11.6 Å². The first kappa shape index (κ1) is 15.8. The highest BCUT2D eigenvalue weighted by Crippen LogP contribution is 2.20. The highest BCUT2D eigenvalue weighted by atomic mass is 35.5. The Morgan fingerprint density at radius 1 is 1.00 bits per heavy atom. The summed E-state index contributed by atoms with van der Waals surface area (Å²) in [7, 11) is 0. The van der Waals surface area contributed by atoms with Crippen LogP contribution < -0.4 is 21.3 Å². The minimum atomic E-state index is -0.765. The minimum Gasteiger partial charge on any atom is -0.322 e. The van der Waals surface area contributed by atoms with Gasteiger partial charge in [0, 0.05) is 16.4 Å². The summed E-state index contributed by atoms with van der Waals surface area (Å²) in [6.45, 7) is 0. The standard InChI is InChI=1S/C16H13ClN4O3/c17-10-4-6-11(7-5-10)18-15(23)19-12-3-1-2-9(8-12)13-14(22)21-16(24)20-13/h1-8,13H,(H2,18,19,23)(H2,20,21,22,24). The number of benzene rings is 2. The predicted octanol–water partition coefficient (Wildman–Crippen LogP) is 2.86. The van der Waals surface area contributed by atoms with Crippen molar-refractivity contribution in [1.29, 1.82) is 0 Å². The van der Waals surface area contributed by atoms with Gasteiger partial charge < -0.3 is 16.0 Å². The van der Waals surface area contributed by atoms with Crippen LogP contribution in [0.15, 0.2) is 48.5 Å². The Morgan fingerprint density at radius 3 is 2.38 bits per heavy atom. The third kappa shape index (κ3) is 3.64. The summed E-state index contributed by atoms with van der Waals surface area (Å²) in [6.07, 6.45) is 0. The summed E-state index contributed by atoms with van der Waals surface area (Å²) in [6, 6.07) is 11.6. The molecule has 5 amide bonds. The summed E-state index contributed by atoms with van der Waals surface area (Å²) >= 11 is 5.79. The second-order valence-corrected chi connectivity index (χ2v) is 5.54. The van der Waals surface area contributed by atoms with Crippen LogP contribution in [0.3, 0.4) is 0 Å². The Labute approximate surface area is 142 Å². The molecule has 0 aliphatic carbocycles. The molecule has 1 aliphatic rings. The molecule has 0 bridgehead atoms. The average molecular weight is 345 g/mol. The summed E-state index contributed by atoms with van der Waals surface area (Å²) < 4.78 is 0. The normalized spacial score (nSPS) is 16.3. The molecule has 8 heteroatoms. The Morgan fingerprint density at radius 2 is 1.71 bits per heavy atom. The number of carbonyl (C=O) groups is 3. The number of carbonyl (C=O) groups excluding carboxylic acids is 3. The third-order valence-corrected chi connectivity index (χ3v) is 3.61. The van der Waals surface area contributed by atoms with Crippen LogP contribution in [0.2, 0.25) is 5.02 Å². The highest BCUT2D eigenvalue weighted by molar-refractivity contribution is 6.30. The number of halogens is 1. The summed E-state index contributed by atoms with van der Waals surface area (Å²) in [5, 5.41) is 10.6. The van der Waals surface area contributed by atoms with Gasteiger partial charge >= 0.3 is 12.1 Å². The zero-order valence-corrected chi connectivity index (χ0v) is 13.1. The van der Waals surface area contributed by atoms with Crippen molar-refractivity contribution < 1.29 is 14.4 Å². The Balaban J connectivity index is 1.68. The van der Waals surface area contributed by atoms with Gasteiger partial charge in [0.25, 0.3) is 5.91 Å². The number of imide groups is 1.